The molecule has 1 heterocycles. The maximum absolute atomic E-state index is 14.0. The molecule has 1 aliphatic heterocycles. The summed E-state index contributed by atoms with van der Waals surface area (Å²) in [5.41, 5.74) is -2.13. The molecule has 10 N–H and O–H groups in total. The van der Waals surface area contributed by atoms with Crippen molar-refractivity contribution in [3.05, 3.63) is 117 Å². The lowest BCUT2D eigenvalue weighted by Crippen LogP contribution is -2.55. The number of carbonyl (C=O) groups is 7. The van der Waals surface area contributed by atoms with Crippen LogP contribution < -0.4 is 35.7 Å². The number of aliphatic hydroxyl groups is 2. The third kappa shape index (κ3) is 12.8. The van der Waals surface area contributed by atoms with E-state index in [4.69, 9.17) is 42.5 Å². The normalized spacial score (nSPS) is 21.9. The summed E-state index contributed by atoms with van der Waals surface area (Å²) in [4.78, 5) is 99.3. The van der Waals surface area contributed by atoms with Gasteiger partial charge in [-0.1, -0.05) is 54.6 Å². The van der Waals surface area contributed by atoms with Gasteiger partial charge in [-0.2, -0.15) is 0 Å². The number of hydrogen-bond donors (Lipinski definition) is 10. The number of rotatable bonds is 21. The molecule has 7 rings (SSSR count). The number of aromatic hydroxyl groups is 2. The van der Waals surface area contributed by atoms with Crippen LogP contribution in [0.1, 0.15) is 113 Å². The molecule has 0 aromatic heterocycles. The van der Waals surface area contributed by atoms with E-state index in [0.29, 0.717) is 30.6 Å². The number of nitrogens with one attached hydrogen (secondary N) is 6. The number of methoxy groups -OCH3 is 1. The fraction of sp³-hybridized carbons (Fsp3) is 0.415. The Morgan fingerprint density at radius 1 is 0.842 bits per heavy atom. The highest BCUT2D eigenvalue weighted by molar-refractivity contribution is 6.31. The van der Waals surface area contributed by atoms with Gasteiger partial charge in [0.05, 0.1) is 48.1 Å². The van der Waals surface area contributed by atoms with Gasteiger partial charge in [-0.3, -0.25) is 28.8 Å². The average Bonchev–Trinajstić information content (AvgIpc) is 3.41. The van der Waals surface area contributed by atoms with Gasteiger partial charge in [0.25, 0.3) is 0 Å². The van der Waals surface area contributed by atoms with E-state index in [-0.39, 0.29) is 53.9 Å². The Morgan fingerprint density at radius 3 is 2.21 bits per heavy atom. The maximum Gasteiger partial charge on any atom is 0.407 e. The van der Waals surface area contributed by atoms with Gasteiger partial charge in [0.1, 0.15) is 47.6 Å². The lowest BCUT2D eigenvalue weighted by atomic mass is 9.72. The third-order valence-corrected chi connectivity index (χ3v) is 14.3. The smallest absolute Gasteiger partial charge is 0.407 e. The topological polar surface area (TPSA) is 310 Å². The monoisotopic (exact) mass is 1090 g/mol. The van der Waals surface area contributed by atoms with E-state index in [2.05, 4.69) is 30.9 Å². The summed E-state index contributed by atoms with van der Waals surface area (Å²) in [6.45, 7) is 4.38. The fourth-order valence-corrected chi connectivity index (χ4v) is 9.74. The molecule has 4 aromatic carbocycles. The van der Waals surface area contributed by atoms with E-state index < -0.39 is 131 Å². The molecule has 76 heavy (non-hydrogen) atoms. The van der Waals surface area contributed by atoms with Crippen molar-refractivity contribution in [2.24, 2.45) is 0 Å². The molecule has 21 nitrogen and oxygen atoms in total. The Labute approximate surface area is 447 Å². The summed E-state index contributed by atoms with van der Waals surface area (Å²) in [6.07, 6.45) is -5.69. The molecule has 1 fully saturated rings. The van der Waals surface area contributed by atoms with Crippen molar-refractivity contribution in [1.82, 2.24) is 25.6 Å². The molecule has 4 amide bonds. The van der Waals surface area contributed by atoms with Crippen LogP contribution in [0.4, 0.5) is 10.5 Å². The first-order valence-electron chi connectivity index (χ1n) is 24.6. The van der Waals surface area contributed by atoms with E-state index in [1.807, 2.05) is 18.2 Å². The number of unbranched alkanes of at least 4 members (excludes halogenated alkanes) is 1. The summed E-state index contributed by atoms with van der Waals surface area (Å²) < 4.78 is 23.1. The van der Waals surface area contributed by atoms with Crippen LogP contribution in [0, 0.1) is 0 Å². The van der Waals surface area contributed by atoms with Gasteiger partial charge in [-0.05, 0) is 92.9 Å². The number of Topliss-reactive ketones (excluding diaryl/α,β-unsaturated/α-hetero) is 1. The first kappa shape index (κ1) is 57.0. The molecule has 0 spiro atoms. The minimum absolute atomic E-state index is 0.0557. The summed E-state index contributed by atoms with van der Waals surface area (Å²) >= 11 is 11.3. The van der Waals surface area contributed by atoms with E-state index in [0.717, 1.165) is 12.5 Å². The number of halogens is 2. The zero-order valence-electron chi connectivity index (χ0n) is 41.9. The number of phenolic OH excluding ortho intramolecular Hbond substituents is 2. The van der Waals surface area contributed by atoms with E-state index in [1.165, 1.54) is 39.2 Å². The summed E-state index contributed by atoms with van der Waals surface area (Å²) in [7, 11) is 1.31. The maximum atomic E-state index is 14.0. The van der Waals surface area contributed by atoms with Crippen molar-refractivity contribution in [3.63, 3.8) is 0 Å². The molecule has 23 heteroatoms. The molecule has 0 bridgehead atoms. The standard InChI is InChI=1S/C53H60Cl2N6O15/c1-26(61-55)49(68)59-36(21-29-11-6-5-7-12-29)51(70)58-34(14-8-9-20-56-54)50(69)57-31-18-16-30(17-19-31)25-74-52(71)60-35-22-39(75-27(2)44(35)63)76-38-24-53(72,28(3)62)23-33-41(38)48(67)43-42(46(33)65)45(64)32-13-10-15-37(73-4)40(32)47(43)66/h5-7,10-13,15-19,26-27,34-36,38-39,44,56,61,63,65,67,72H,8-9,14,20-25H2,1-4H3,(H,57,69)(H,58,70)(H,59,68)(H,60,71)/t26-,27+,34+,35+,36+,38+,39+,44-,53+/m1/s1. The van der Waals surface area contributed by atoms with Gasteiger partial charge in [0.2, 0.25) is 23.5 Å². The predicted octanol–water partition coefficient (Wildman–Crippen LogP) is 4.19. The van der Waals surface area contributed by atoms with Gasteiger partial charge in [0.15, 0.2) is 17.9 Å². The molecule has 406 valence electrons. The largest absolute Gasteiger partial charge is 0.507 e. The Morgan fingerprint density at radius 2 is 1.54 bits per heavy atom. The average molecular weight is 1090 g/mol. The first-order valence-corrected chi connectivity index (χ1v) is 25.3. The third-order valence-electron chi connectivity index (χ3n) is 13.8. The second kappa shape index (κ2) is 25.0. The van der Waals surface area contributed by atoms with Crippen molar-refractivity contribution in [2.75, 3.05) is 19.0 Å². The minimum Gasteiger partial charge on any atom is -0.507 e. The van der Waals surface area contributed by atoms with Crippen LogP contribution in [-0.2, 0) is 52.8 Å². The van der Waals surface area contributed by atoms with Crippen LogP contribution in [-0.4, -0.2) is 124 Å². The molecule has 4 aromatic rings. The van der Waals surface area contributed by atoms with Crippen molar-refractivity contribution >= 4 is 70.4 Å². The van der Waals surface area contributed by atoms with Gasteiger partial charge >= 0.3 is 6.09 Å². The van der Waals surface area contributed by atoms with Gasteiger partial charge in [-0.25, -0.2) is 14.5 Å². The molecule has 0 saturated carbocycles. The highest BCUT2D eigenvalue weighted by atomic mass is 35.5. The zero-order chi connectivity index (χ0) is 55.0. The second-order valence-electron chi connectivity index (χ2n) is 19.0. The summed E-state index contributed by atoms with van der Waals surface area (Å²) in [5.74, 6) is -5.35. The number of ether oxygens (including phenoxy) is 4. The number of fused-ring (bicyclic) bond motifs is 3. The SMILES string of the molecule is COc1cccc2c1C(=O)c1c(O)c3c(c(O)c1C2=O)C[C@@](O)(C(C)=O)C[C@@H]3O[C@H]1C[C@H](NC(=O)OCc2ccc(NC(=O)[C@H](CCCCNCl)NC(=O)[C@H](Cc3ccccc3)NC(=O)[C@@H](C)NCl)cc2)[C@H](O)[C@H](C)O1. The summed E-state index contributed by atoms with van der Waals surface area (Å²) in [5, 5.41) is 57.3. The molecule has 0 unspecified atom stereocenters. The Hall–Kier alpha value is -6.69. The van der Waals surface area contributed by atoms with E-state index >= 15 is 0 Å². The van der Waals surface area contributed by atoms with Gasteiger partial charge in [0, 0.05) is 54.6 Å². The highest BCUT2D eigenvalue weighted by Gasteiger charge is 2.50. The van der Waals surface area contributed by atoms with Crippen LogP contribution in [0.15, 0.2) is 72.8 Å². The van der Waals surface area contributed by atoms with Crippen molar-refractivity contribution in [1.29, 1.82) is 0 Å². The zero-order valence-corrected chi connectivity index (χ0v) is 43.5. The molecule has 3 aliphatic rings. The summed E-state index contributed by atoms with van der Waals surface area (Å²) in [6, 6.07) is 15.8. The van der Waals surface area contributed by atoms with Crippen LogP contribution in [0.3, 0.4) is 0 Å². The number of aliphatic hydroxyl groups excluding tert-OH is 1. The van der Waals surface area contributed by atoms with Crippen molar-refractivity contribution < 1.29 is 72.9 Å². The molecular weight excluding hydrogens is 1030 g/mol. The van der Waals surface area contributed by atoms with Crippen LogP contribution in [0.5, 0.6) is 17.2 Å². The van der Waals surface area contributed by atoms with Crippen LogP contribution >= 0.6 is 23.6 Å². The number of hydrogen-bond acceptors (Lipinski definition) is 17. The molecule has 9 atom stereocenters. The lowest BCUT2D eigenvalue weighted by molar-refractivity contribution is -0.249. The number of phenols is 2. The molecule has 1 saturated heterocycles. The van der Waals surface area contributed by atoms with Gasteiger partial charge in [-0.15, -0.1) is 0 Å². The van der Waals surface area contributed by atoms with E-state index in [1.54, 1.807) is 36.4 Å². The Kier molecular flexibility index (Phi) is 18.7. The van der Waals surface area contributed by atoms with Crippen molar-refractivity contribution in [2.45, 2.75) is 127 Å². The minimum atomic E-state index is -2.16. The first-order chi connectivity index (χ1) is 36.3. The second-order valence-corrected chi connectivity index (χ2v) is 19.5. The number of carbonyl (C=O) groups excluding carboxylic acids is 7. The molecule has 0 radical (unpaired) electrons. The van der Waals surface area contributed by atoms with Crippen LogP contribution in [0.2, 0.25) is 0 Å². The molecule has 2 aliphatic carbocycles. The quantitative estimate of drug-likeness (QED) is 0.0280. The lowest BCUT2D eigenvalue weighted by Gasteiger charge is -2.42. The fourth-order valence-electron chi connectivity index (χ4n) is 9.51. The number of alkyl carbamates (subject to hydrolysis) is 1. The number of ketones is 3. The van der Waals surface area contributed by atoms with Crippen molar-refractivity contribution in [3.8, 4) is 17.2 Å². The van der Waals surface area contributed by atoms with Gasteiger partial charge < -0.3 is 60.6 Å². The Balaban J connectivity index is 0.998. The number of amides is 4. The molecular formula is C53H60Cl2N6O15. The number of anilines is 1. The van der Waals surface area contributed by atoms with E-state index in [9.17, 15) is 54.0 Å². The Bertz CT molecular complexity index is 2840. The highest BCUT2D eigenvalue weighted by Crippen LogP contribution is 2.52. The number of benzene rings is 4. The predicted molar refractivity (Wildman–Crippen MR) is 275 cm³/mol. The van der Waals surface area contributed by atoms with Crippen LogP contribution in [0.25, 0.3) is 0 Å².